The first-order valence-corrected chi connectivity index (χ1v) is 3.56. The van der Waals surface area contributed by atoms with Gasteiger partial charge in [0.05, 0.1) is 12.5 Å². The van der Waals surface area contributed by atoms with Crippen LogP contribution in [0.2, 0.25) is 0 Å². The van der Waals surface area contributed by atoms with Crippen molar-refractivity contribution in [1.29, 1.82) is 0 Å². The molecule has 0 amide bonds. The summed E-state index contributed by atoms with van der Waals surface area (Å²) < 4.78 is 2.46. The van der Waals surface area contributed by atoms with E-state index in [0.717, 1.165) is 4.73 Å². The van der Waals surface area contributed by atoms with Gasteiger partial charge in [-0.15, -0.1) is 0 Å². The van der Waals surface area contributed by atoms with Crippen LogP contribution in [0.3, 0.4) is 0 Å². The van der Waals surface area contributed by atoms with E-state index >= 15 is 0 Å². The smallest absolute Gasteiger partial charge is 0.131 e. The van der Waals surface area contributed by atoms with Gasteiger partial charge in [-0.1, -0.05) is 0 Å². The molecule has 0 aromatic carbocycles. The summed E-state index contributed by atoms with van der Waals surface area (Å²) in [6, 6.07) is 0. The molecular weight excluding hydrogens is 172 g/mol. The molecule has 6 heteroatoms. The van der Waals surface area contributed by atoms with Gasteiger partial charge >= 0.3 is 0 Å². The number of hydrogen-bond donors (Lipinski definition) is 2. The Morgan fingerprint density at radius 3 is 2.00 bits per heavy atom. The lowest BCUT2D eigenvalue weighted by atomic mass is 10.9. The van der Waals surface area contributed by atoms with Crippen molar-refractivity contribution in [2.24, 2.45) is 0 Å². The Balaban J connectivity index is 0.000000132. The van der Waals surface area contributed by atoms with E-state index in [9.17, 15) is 0 Å². The zero-order valence-corrected chi connectivity index (χ0v) is 6.85. The Hall–Kier alpha value is -1.82. The Kier molecular flexibility index (Phi) is 3.52. The predicted molar refractivity (Wildman–Crippen MR) is 43.9 cm³/mol. The van der Waals surface area contributed by atoms with Gasteiger partial charge in [-0.05, 0) is 0 Å². The third kappa shape index (κ3) is 3.39. The molecule has 0 spiro atoms. The van der Waals surface area contributed by atoms with Crippen LogP contribution in [-0.4, -0.2) is 29.6 Å². The SMILES string of the molecule is OCn1ccnc1.On1ccnc1. The minimum Gasteiger partial charge on any atom is -0.427 e. The van der Waals surface area contributed by atoms with Gasteiger partial charge in [0, 0.05) is 18.6 Å². The summed E-state index contributed by atoms with van der Waals surface area (Å²) in [7, 11) is 0. The highest BCUT2D eigenvalue weighted by atomic mass is 16.5. The molecule has 0 saturated heterocycles. The second-order valence-electron chi connectivity index (χ2n) is 2.16. The fourth-order valence-electron chi connectivity index (χ4n) is 0.622. The van der Waals surface area contributed by atoms with E-state index in [4.69, 9.17) is 10.3 Å². The molecule has 0 bridgehead atoms. The van der Waals surface area contributed by atoms with E-state index in [1.165, 1.54) is 18.7 Å². The summed E-state index contributed by atoms with van der Waals surface area (Å²) in [5.74, 6) is 0. The van der Waals surface area contributed by atoms with Crippen LogP contribution in [0.5, 0.6) is 0 Å². The van der Waals surface area contributed by atoms with E-state index in [0.29, 0.717) is 0 Å². The summed E-state index contributed by atoms with van der Waals surface area (Å²) >= 11 is 0. The lowest BCUT2D eigenvalue weighted by molar-refractivity contribution is 0.186. The summed E-state index contributed by atoms with van der Waals surface area (Å²) in [5.41, 5.74) is 0. The molecule has 0 saturated carbocycles. The van der Waals surface area contributed by atoms with E-state index < -0.39 is 0 Å². The molecule has 0 radical (unpaired) electrons. The average molecular weight is 182 g/mol. The zero-order valence-electron chi connectivity index (χ0n) is 6.85. The molecule has 0 aliphatic rings. The van der Waals surface area contributed by atoms with E-state index in [1.807, 2.05) is 0 Å². The quantitative estimate of drug-likeness (QED) is 0.606. The molecule has 0 atom stereocenters. The van der Waals surface area contributed by atoms with Crippen molar-refractivity contribution < 1.29 is 10.3 Å². The van der Waals surface area contributed by atoms with Crippen LogP contribution in [0.15, 0.2) is 37.4 Å². The van der Waals surface area contributed by atoms with Crippen LogP contribution in [0.25, 0.3) is 0 Å². The van der Waals surface area contributed by atoms with Gasteiger partial charge in [-0.3, -0.25) is 0 Å². The summed E-state index contributed by atoms with van der Waals surface area (Å²) in [4.78, 5) is 7.23. The molecule has 0 aliphatic carbocycles. The lowest BCUT2D eigenvalue weighted by Gasteiger charge is -1.87. The van der Waals surface area contributed by atoms with Gasteiger partial charge in [0.15, 0.2) is 0 Å². The second kappa shape index (κ2) is 4.94. The molecule has 70 valence electrons. The maximum atomic E-state index is 8.35. The first-order chi connectivity index (χ1) is 6.33. The normalized spacial score (nSPS) is 9.00. The molecule has 0 unspecified atom stereocenters. The van der Waals surface area contributed by atoms with Crippen LogP contribution in [0.1, 0.15) is 0 Å². The molecule has 2 N–H and O–H groups in total. The molecule has 2 rings (SSSR count). The van der Waals surface area contributed by atoms with Crippen LogP contribution in [0.4, 0.5) is 0 Å². The van der Waals surface area contributed by atoms with Crippen molar-refractivity contribution in [3.63, 3.8) is 0 Å². The van der Waals surface area contributed by atoms with E-state index in [2.05, 4.69) is 9.97 Å². The van der Waals surface area contributed by atoms with E-state index in [1.54, 1.807) is 23.3 Å². The molecule has 2 heterocycles. The van der Waals surface area contributed by atoms with Crippen molar-refractivity contribution in [3.05, 3.63) is 37.4 Å². The number of nitrogens with zero attached hydrogens (tertiary/aromatic N) is 4. The number of hydrogen-bond acceptors (Lipinski definition) is 4. The zero-order chi connectivity index (χ0) is 9.52. The van der Waals surface area contributed by atoms with Gasteiger partial charge in [0.1, 0.15) is 13.1 Å². The highest BCUT2D eigenvalue weighted by Crippen LogP contribution is 1.79. The van der Waals surface area contributed by atoms with Crippen LogP contribution in [0, 0.1) is 0 Å². The summed E-state index contributed by atoms with van der Waals surface area (Å²) in [6.07, 6.45) is 9.12. The first kappa shape index (κ1) is 9.27. The Bertz CT molecular complexity index is 303. The topological polar surface area (TPSA) is 76.1 Å². The van der Waals surface area contributed by atoms with Crippen molar-refractivity contribution >= 4 is 0 Å². The van der Waals surface area contributed by atoms with Crippen LogP contribution < -0.4 is 0 Å². The van der Waals surface area contributed by atoms with Crippen molar-refractivity contribution in [2.45, 2.75) is 6.73 Å². The molecular formula is C7H10N4O2. The largest absolute Gasteiger partial charge is 0.427 e. The molecule has 2 aromatic rings. The fourth-order valence-corrected chi connectivity index (χ4v) is 0.622. The van der Waals surface area contributed by atoms with Gasteiger partial charge in [0.25, 0.3) is 0 Å². The Morgan fingerprint density at radius 2 is 1.77 bits per heavy atom. The van der Waals surface area contributed by atoms with Crippen LogP contribution in [-0.2, 0) is 6.73 Å². The summed E-state index contributed by atoms with van der Waals surface area (Å²) in [6.45, 7) is 0.0139. The first-order valence-electron chi connectivity index (χ1n) is 3.56. The minimum atomic E-state index is 0.0139. The maximum absolute atomic E-state index is 8.35. The average Bonchev–Trinajstić information content (AvgIpc) is 2.76. The molecule has 6 nitrogen and oxygen atoms in total. The predicted octanol–water partition coefficient (Wildman–Crippen LogP) is -0.0467. The minimum absolute atomic E-state index is 0.0139. The molecule has 2 aromatic heterocycles. The third-order valence-corrected chi connectivity index (χ3v) is 1.21. The number of aliphatic hydroxyl groups is 1. The van der Waals surface area contributed by atoms with Gasteiger partial charge in [0.2, 0.25) is 0 Å². The fraction of sp³-hybridized carbons (Fsp3) is 0.143. The Morgan fingerprint density at radius 1 is 1.08 bits per heavy atom. The Labute approximate surface area is 74.7 Å². The van der Waals surface area contributed by atoms with Crippen molar-refractivity contribution in [1.82, 2.24) is 19.3 Å². The van der Waals surface area contributed by atoms with Crippen LogP contribution >= 0.6 is 0 Å². The third-order valence-electron chi connectivity index (χ3n) is 1.21. The second-order valence-corrected chi connectivity index (χ2v) is 2.16. The maximum Gasteiger partial charge on any atom is 0.131 e. The van der Waals surface area contributed by atoms with Crippen molar-refractivity contribution in [2.75, 3.05) is 0 Å². The van der Waals surface area contributed by atoms with Gasteiger partial charge in [-0.2, -0.15) is 4.73 Å². The highest BCUT2D eigenvalue weighted by molar-refractivity contribution is 4.71. The monoisotopic (exact) mass is 182 g/mol. The number of aliphatic hydroxyl groups excluding tert-OH is 1. The summed E-state index contributed by atoms with van der Waals surface area (Å²) in [5, 5.41) is 16.7. The standard InChI is InChI=1S/C4H6N2O.C3H4N2O/c7-4-6-2-1-5-3-6;6-5-2-1-4-3-5/h1-3,7H,4H2;1-3,6H. The van der Waals surface area contributed by atoms with E-state index in [-0.39, 0.29) is 6.73 Å². The van der Waals surface area contributed by atoms with Gasteiger partial charge in [-0.25, -0.2) is 9.97 Å². The lowest BCUT2D eigenvalue weighted by Crippen LogP contribution is -1.89. The molecule has 13 heavy (non-hydrogen) atoms. The van der Waals surface area contributed by atoms with Crippen molar-refractivity contribution in [3.8, 4) is 0 Å². The number of imidazole rings is 2. The number of aromatic nitrogens is 4. The highest BCUT2D eigenvalue weighted by Gasteiger charge is 1.78. The van der Waals surface area contributed by atoms with Gasteiger partial charge < -0.3 is 14.9 Å². The molecule has 0 fully saturated rings. The molecule has 0 aliphatic heterocycles. The number of rotatable bonds is 1.